The summed E-state index contributed by atoms with van der Waals surface area (Å²) in [5.74, 6) is -1.69. The van der Waals surface area contributed by atoms with Crippen molar-refractivity contribution in [3.63, 3.8) is 0 Å². The van der Waals surface area contributed by atoms with Crippen molar-refractivity contribution in [1.29, 1.82) is 0 Å². The van der Waals surface area contributed by atoms with Gasteiger partial charge in [-0.15, -0.1) is 0 Å². The number of carboxylic acid groups (broad SMARTS) is 1. The first-order valence-corrected chi connectivity index (χ1v) is 9.04. The molecule has 2 aromatic rings. The number of hydrogen-bond donors (Lipinski definition) is 2. The number of likely N-dealkylation sites (N-methyl/N-ethyl adjacent to an activating group) is 1. The summed E-state index contributed by atoms with van der Waals surface area (Å²) in [5, 5.41) is 11.8. The van der Waals surface area contributed by atoms with Gasteiger partial charge in [0.05, 0.1) is 16.2 Å². The lowest BCUT2D eigenvalue weighted by Gasteiger charge is -2.08. The average Bonchev–Trinajstić information content (AvgIpc) is 2.89. The minimum Gasteiger partial charge on any atom is -0.478 e. The van der Waals surface area contributed by atoms with E-state index in [9.17, 15) is 19.5 Å². The van der Waals surface area contributed by atoms with Crippen LogP contribution in [0, 0.1) is 0 Å². The maximum atomic E-state index is 12.4. The first kappa shape index (κ1) is 18.8. The standard InChI is InChI=1S/C19H14N2O4S2/c1-21-17(23)15(27-19(21)26)10-11-6-8-12(9-7-11)16(22)20-14-5-3-2-4-13(14)18(24)25/h2-10H,1H3,(H,20,22)(H,24,25)/b15-10-. The number of nitrogens with zero attached hydrogens (tertiary/aromatic N) is 1. The van der Waals surface area contributed by atoms with Gasteiger partial charge in [-0.1, -0.05) is 48.2 Å². The number of amides is 2. The zero-order valence-corrected chi connectivity index (χ0v) is 15.8. The molecule has 0 radical (unpaired) electrons. The summed E-state index contributed by atoms with van der Waals surface area (Å²) < 4.78 is 0.499. The third-order valence-electron chi connectivity index (χ3n) is 3.86. The Bertz CT molecular complexity index is 983. The fraction of sp³-hybridized carbons (Fsp3) is 0.0526. The van der Waals surface area contributed by atoms with Gasteiger partial charge in [-0.25, -0.2) is 4.79 Å². The molecule has 0 atom stereocenters. The van der Waals surface area contributed by atoms with Crippen molar-refractivity contribution in [2.24, 2.45) is 0 Å². The van der Waals surface area contributed by atoms with E-state index >= 15 is 0 Å². The Morgan fingerprint density at radius 1 is 1.15 bits per heavy atom. The highest BCUT2D eigenvalue weighted by Crippen LogP contribution is 2.31. The van der Waals surface area contributed by atoms with Gasteiger partial charge < -0.3 is 10.4 Å². The van der Waals surface area contributed by atoms with Crippen LogP contribution in [-0.4, -0.2) is 39.2 Å². The van der Waals surface area contributed by atoms with E-state index in [1.54, 1.807) is 49.5 Å². The van der Waals surface area contributed by atoms with Crippen molar-refractivity contribution in [2.75, 3.05) is 12.4 Å². The van der Waals surface area contributed by atoms with Crippen molar-refractivity contribution < 1.29 is 19.5 Å². The summed E-state index contributed by atoms with van der Waals surface area (Å²) in [4.78, 5) is 37.6. The maximum Gasteiger partial charge on any atom is 0.337 e. The predicted octanol–water partition coefficient (Wildman–Crippen LogP) is 3.47. The molecule has 0 spiro atoms. The van der Waals surface area contributed by atoms with Crippen LogP contribution in [-0.2, 0) is 4.79 Å². The molecule has 0 saturated carbocycles. The summed E-state index contributed by atoms with van der Waals surface area (Å²) in [6, 6.07) is 12.8. The highest BCUT2D eigenvalue weighted by molar-refractivity contribution is 8.26. The van der Waals surface area contributed by atoms with Crippen LogP contribution in [0.1, 0.15) is 26.3 Å². The molecule has 2 amide bonds. The molecule has 8 heteroatoms. The largest absolute Gasteiger partial charge is 0.478 e. The quantitative estimate of drug-likeness (QED) is 0.606. The van der Waals surface area contributed by atoms with Crippen LogP contribution in [0.25, 0.3) is 6.08 Å². The molecular formula is C19H14N2O4S2. The highest BCUT2D eigenvalue weighted by atomic mass is 32.2. The number of carboxylic acids is 1. The third kappa shape index (κ3) is 4.07. The second-order valence-electron chi connectivity index (χ2n) is 5.67. The van der Waals surface area contributed by atoms with Crippen LogP contribution in [0.5, 0.6) is 0 Å². The summed E-state index contributed by atoms with van der Waals surface area (Å²) in [6.45, 7) is 0. The predicted molar refractivity (Wildman–Crippen MR) is 109 cm³/mol. The number of aromatic carboxylic acids is 1. The van der Waals surface area contributed by atoms with Gasteiger partial charge in [-0.3, -0.25) is 14.5 Å². The smallest absolute Gasteiger partial charge is 0.337 e. The summed E-state index contributed by atoms with van der Waals surface area (Å²) in [5.41, 5.74) is 1.37. The molecule has 2 N–H and O–H groups in total. The van der Waals surface area contributed by atoms with Crippen molar-refractivity contribution >= 4 is 57.8 Å². The van der Waals surface area contributed by atoms with Gasteiger partial charge in [0.15, 0.2) is 0 Å². The number of rotatable bonds is 4. The monoisotopic (exact) mass is 398 g/mol. The molecule has 27 heavy (non-hydrogen) atoms. The fourth-order valence-electron chi connectivity index (χ4n) is 2.40. The molecule has 1 heterocycles. The van der Waals surface area contributed by atoms with Gasteiger partial charge in [0.2, 0.25) is 0 Å². The van der Waals surface area contributed by atoms with E-state index in [1.807, 2.05) is 0 Å². The molecule has 0 bridgehead atoms. The Morgan fingerprint density at radius 3 is 2.41 bits per heavy atom. The van der Waals surface area contributed by atoms with Gasteiger partial charge >= 0.3 is 5.97 Å². The van der Waals surface area contributed by atoms with E-state index in [2.05, 4.69) is 5.32 Å². The second kappa shape index (κ2) is 7.73. The molecule has 0 unspecified atom stereocenters. The number of para-hydroxylation sites is 1. The molecule has 1 aliphatic heterocycles. The van der Waals surface area contributed by atoms with Crippen molar-refractivity contribution in [1.82, 2.24) is 4.90 Å². The lowest BCUT2D eigenvalue weighted by Crippen LogP contribution is -2.22. The van der Waals surface area contributed by atoms with Crippen LogP contribution < -0.4 is 5.32 Å². The first-order chi connectivity index (χ1) is 12.9. The number of thioether (sulfide) groups is 1. The Kier molecular flexibility index (Phi) is 5.38. The number of nitrogens with one attached hydrogen (secondary N) is 1. The van der Waals surface area contributed by atoms with Crippen LogP contribution in [0.3, 0.4) is 0 Å². The Morgan fingerprint density at radius 2 is 1.81 bits per heavy atom. The van der Waals surface area contributed by atoms with Gasteiger partial charge in [0.25, 0.3) is 11.8 Å². The SMILES string of the molecule is CN1C(=O)/C(=C/c2ccc(C(=O)Nc3ccccc3C(=O)O)cc2)SC1=S. The molecule has 1 fully saturated rings. The average molecular weight is 398 g/mol. The molecule has 0 aliphatic carbocycles. The minimum absolute atomic E-state index is 0.0177. The summed E-state index contributed by atoms with van der Waals surface area (Å²) in [7, 11) is 1.63. The minimum atomic E-state index is -1.12. The van der Waals surface area contributed by atoms with E-state index in [1.165, 1.54) is 28.8 Å². The molecule has 6 nitrogen and oxygen atoms in total. The molecule has 1 aliphatic rings. The van der Waals surface area contributed by atoms with E-state index < -0.39 is 11.9 Å². The number of hydrogen-bond acceptors (Lipinski definition) is 5. The lowest BCUT2D eigenvalue weighted by atomic mass is 10.1. The number of carbonyl (C=O) groups is 3. The summed E-state index contributed by atoms with van der Waals surface area (Å²) >= 11 is 6.32. The number of thiocarbonyl (C=S) groups is 1. The number of carbonyl (C=O) groups excluding carboxylic acids is 2. The van der Waals surface area contributed by atoms with E-state index in [-0.39, 0.29) is 17.2 Å². The topological polar surface area (TPSA) is 86.7 Å². The van der Waals surface area contributed by atoms with Crippen molar-refractivity contribution in [3.05, 3.63) is 70.1 Å². The van der Waals surface area contributed by atoms with Gasteiger partial charge in [-0.2, -0.15) is 0 Å². The van der Waals surface area contributed by atoms with E-state index in [0.29, 0.717) is 14.8 Å². The molecule has 136 valence electrons. The normalized spacial score (nSPS) is 15.3. The zero-order chi connectivity index (χ0) is 19.6. The highest BCUT2D eigenvalue weighted by Gasteiger charge is 2.28. The molecular weight excluding hydrogens is 384 g/mol. The van der Waals surface area contributed by atoms with Crippen molar-refractivity contribution in [2.45, 2.75) is 0 Å². The van der Waals surface area contributed by atoms with Crippen LogP contribution in [0.4, 0.5) is 5.69 Å². The van der Waals surface area contributed by atoms with Crippen LogP contribution >= 0.6 is 24.0 Å². The van der Waals surface area contributed by atoms with Crippen molar-refractivity contribution in [3.8, 4) is 0 Å². The third-order valence-corrected chi connectivity index (χ3v) is 5.35. The zero-order valence-electron chi connectivity index (χ0n) is 14.1. The molecule has 1 saturated heterocycles. The second-order valence-corrected chi connectivity index (χ2v) is 7.34. The number of anilines is 1. The Labute approximate surface area is 164 Å². The van der Waals surface area contributed by atoms with Gasteiger partial charge in [0, 0.05) is 12.6 Å². The summed E-state index contributed by atoms with van der Waals surface area (Å²) in [6.07, 6.45) is 1.71. The molecule has 2 aromatic carbocycles. The Balaban J connectivity index is 1.76. The fourth-order valence-corrected chi connectivity index (χ4v) is 3.58. The molecule has 0 aromatic heterocycles. The maximum absolute atomic E-state index is 12.4. The van der Waals surface area contributed by atoms with Gasteiger partial charge in [0.1, 0.15) is 4.32 Å². The lowest BCUT2D eigenvalue weighted by molar-refractivity contribution is -0.121. The number of benzene rings is 2. The van der Waals surface area contributed by atoms with Crippen LogP contribution in [0.2, 0.25) is 0 Å². The molecule has 3 rings (SSSR count). The van der Waals surface area contributed by atoms with E-state index in [4.69, 9.17) is 12.2 Å². The van der Waals surface area contributed by atoms with E-state index in [0.717, 1.165) is 5.56 Å². The van der Waals surface area contributed by atoms with Crippen LogP contribution in [0.15, 0.2) is 53.4 Å². The first-order valence-electron chi connectivity index (χ1n) is 7.82. The Hall–Kier alpha value is -2.97. The van der Waals surface area contributed by atoms with Gasteiger partial charge in [-0.05, 0) is 35.9 Å².